The molecule has 10 heteroatoms. The number of anilines is 3. The Balaban J connectivity index is 1.75. The number of para-hydroxylation sites is 2. The monoisotopic (exact) mass is 480 g/mol. The van der Waals surface area contributed by atoms with Gasteiger partial charge < -0.3 is 19.5 Å². The summed E-state index contributed by atoms with van der Waals surface area (Å²) in [5.41, 5.74) is 1.67. The minimum absolute atomic E-state index is 0.0393. The maximum absolute atomic E-state index is 13.1. The minimum Gasteiger partial charge on any atom is -0.497 e. The lowest BCUT2D eigenvalue weighted by Gasteiger charge is -2.16. The number of aromatic nitrogens is 2. The second-order valence-electron chi connectivity index (χ2n) is 7.11. The van der Waals surface area contributed by atoms with Crippen molar-refractivity contribution in [2.45, 2.75) is 11.8 Å². The molecule has 34 heavy (non-hydrogen) atoms. The average Bonchev–Trinajstić information content (AvgIpc) is 2.84. The summed E-state index contributed by atoms with van der Waals surface area (Å²) in [5, 5.41) is 3.13. The molecule has 1 heterocycles. The molecule has 0 saturated carbocycles. The lowest BCUT2D eigenvalue weighted by molar-refractivity contribution is 0.340. The van der Waals surface area contributed by atoms with Gasteiger partial charge in [0.1, 0.15) is 17.2 Å². The van der Waals surface area contributed by atoms with Crippen molar-refractivity contribution in [2.75, 3.05) is 30.9 Å². The Morgan fingerprint density at radius 2 is 1.47 bits per heavy atom. The third-order valence-corrected chi connectivity index (χ3v) is 6.26. The van der Waals surface area contributed by atoms with Crippen LogP contribution in [0.3, 0.4) is 0 Å². The minimum atomic E-state index is -3.96. The fraction of sp³-hybridized carbons (Fsp3) is 0.167. The normalized spacial score (nSPS) is 11.1. The van der Waals surface area contributed by atoms with Crippen LogP contribution in [0.1, 0.15) is 6.92 Å². The van der Waals surface area contributed by atoms with E-state index in [9.17, 15) is 8.42 Å². The second kappa shape index (κ2) is 9.84. The molecule has 0 aliphatic heterocycles. The summed E-state index contributed by atoms with van der Waals surface area (Å²) in [5.74, 6) is 1.95. The number of nitrogens with zero attached hydrogens (tertiary/aromatic N) is 2. The molecule has 3 aromatic carbocycles. The van der Waals surface area contributed by atoms with Crippen molar-refractivity contribution >= 4 is 38.4 Å². The number of hydrogen-bond acceptors (Lipinski definition) is 8. The zero-order chi connectivity index (χ0) is 24.1. The largest absolute Gasteiger partial charge is 0.497 e. The van der Waals surface area contributed by atoms with Gasteiger partial charge in [-0.15, -0.1) is 0 Å². The number of ether oxygens (including phenoxy) is 3. The average molecular weight is 481 g/mol. The smallest absolute Gasteiger partial charge is 0.263 e. The number of fused-ring (bicyclic) bond motifs is 1. The van der Waals surface area contributed by atoms with Crippen LogP contribution in [0.2, 0.25) is 0 Å². The van der Waals surface area contributed by atoms with Gasteiger partial charge in [-0.1, -0.05) is 12.1 Å². The van der Waals surface area contributed by atoms with Crippen LogP contribution in [0.25, 0.3) is 11.0 Å². The molecular formula is C24H24N4O5S. The van der Waals surface area contributed by atoms with Crippen molar-refractivity contribution in [2.24, 2.45) is 0 Å². The van der Waals surface area contributed by atoms with Crippen LogP contribution in [0.15, 0.2) is 71.6 Å². The summed E-state index contributed by atoms with van der Waals surface area (Å²) in [6.07, 6.45) is 0. The van der Waals surface area contributed by atoms with E-state index in [2.05, 4.69) is 20.0 Å². The van der Waals surface area contributed by atoms with Gasteiger partial charge in [0.15, 0.2) is 11.6 Å². The highest BCUT2D eigenvalue weighted by molar-refractivity contribution is 7.92. The van der Waals surface area contributed by atoms with E-state index in [1.54, 1.807) is 55.6 Å². The van der Waals surface area contributed by atoms with Gasteiger partial charge in [-0.3, -0.25) is 4.72 Å². The molecule has 0 radical (unpaired) electrons. The van der Waals surface area contributed by atoms with Gasteiger partial charge in [-0.2, -0.15) is 0 Å². The van der Waals surface area contributed by atoms with E-state index in [0.29, 0.717) is 40.6 Å². The van der Waals surface area contributed by atoms with Crippen LogP contribution in [0.5, 0.6) is 17.2 Å². The van der Waals surface area contributed by atoms with Crippen LogP contribution in [-0.4, -0.2) is 39.2 Å². The van der Waals surface area contributed by atoms with E-state index in [-0.39, 0.29) is 16.5 Å². The summed E-state index contributed by atoms with van der Waals surface area (Å²) >= 11 is 0. The van der Waals surface area contributed by atoms with Gasteiger partial charge in [0.05, 0.1) is 42.4 Å². The van der Waals surface area contributed by atoms with Crippen molar-refractivity contribution in [3.8, 4) is 17.2 Å². The van der Waals surface area contributed by atoms with Crippen LogP contribution < -0.4 is 24.2 Å². The number of hydrogen-bond donors (Lipinski definition) is 2. The molecule has 0 bridgehead atoms. The number of sulfonamides is 1. The van der Waals surface area contributed by atoms with Crippen molar-refractivity contribution in [3.05, 3.63) is 66.7 Å². The second-order valence-corrected chi connectivity index (χ2v) is 8.79. The van der Waals surface area contributed by atoms with Gasteiger partial charge in [-0.05, 0) is 55.5 Å². The Labute approximate surface area is 197 Å². The highest BCUT2D eigenvalue weighted by atomic mass is 32.2. The fourth-order valence-corrected chi connectivity index (χ4v) is 4.27. The Hall–Kier alpha value is -4.05. The van der Waals surface area contributed by atoms with Crippen molar-refractivity contribution in [1.82, 2.24) is 9.97 Å². The third kappa shape index (κ3) is 4.96. The quantitative estimate of drug-likeness (QED) is 0.358. The molecule has 0 unspecified atom stereocenters. The lowest BCUT2D eigenvalue weighted by atomic mass is 10.2. The highest BCUT2D eigenvalue weighted by Gasteiger charge is 2.20. The fourth-order valence-electron chi connectivity index (χ4n) is 3.27. The van der Waals surface area contributed by atoms with E-state index in [4.69, 9.17) is 14.2 Å². The zero-order valence-electron chi connectivity index (χ0n) is 18.9. The van der Waals surface area contributed by atoms with Crippen LogP contribution in [0.4, 0.5) is 17.3 Å². The Morgan fingerprint density at radius 1 is 0.824 bits per heavy atom. The van der Waals surface area contributed by atoms with Gasteiger partial charge in [-0.25, -0.2) is 18.4 Å². The Kier molecular flexibility index (Phi) is 6.69. The molecular weight excluding hydrogens is 456 g/mol. The zero-order valence-corrected chi connectivity index (χ0v) is 19.7. The first kappa shape index (κ1) is 23.1. The summed E-state index contributed by atoms with van der Waals surface area (Å²) in [4.78, 5) is 9.18. The van der Waals surface area contributed by atoms with E-state index < -0.39 is 10.0 Å². The van der Waals surface area contributed by atoms with Crippen molar-refractivity contribution in [3.63, 3.8) is 0 Å². The summed E-state index contributed by atoms with van der Waals surface area (Å²) in [6, 6.07) is 18.5. The predicted octanol–water partition coefficient (Wildman–Crippen LogP) is 4.59. The summed E-state index contributed by atoms with van der Waals surface area (Å²) < 4.78 is 45.0. The molecule has 9 nitrogen and oxygen atoms in total. The van der Waals surface area contributed by atoms with E-state index >= 15 is 0 Å². The Bertz CT molecular complexity index is 1410. The first-order valence-electron chi connectivity index (χ1n) is 10.4. The standard InChI is InChI=1S/C24H24N4O5S/c1-4-33-16-9-12-18(13-10-16)34(29,30)28-24-23(25-19-7-5-6-8-20(19)26-24)27-21-15-17(31-2)11-14-22(21)32-3/h5-15H,4H2,1-3H3,(H,25,27)(H,26,28). The summed E-state index contributed by atoms with van der Waals surface area (Å²) in [6.45, 7) is 2.34. The van der Waals surface area contributed by atoms with Crippen LogP contribution in [0, 0.1) is 0 Å². The first-order valence-corrected chi connectivity index (χ1v) is 11.9. The molecule has 4 aromatic rings. The molecule has 0 aliphatic carbocycles. The SMILES string of the molecule is CCOc1ccc(S(=O)(=O)Nc2nc3ccccc3nc2Nc2cc(OC)ccc2OC)cc1. The van der Waals surface area contributed by atoms with Gasteiger partial charge >= 0.3 is 0 Å². The maximum atomic E-state index is 13.1. The molecule has 1 aromatic heterocycles. The lowest BCUT2D eigenvalue weighted by Crippen LogP contribution is -2.16. The molecule has 2 N–H and O–H groups in total. The summed E-state index contributed by atoms with van der Waals surface area (Å²) in [7, 11) is -0.871. The van der Waals surface area contributed by atoms with Gasteiger partial charge in [0.2, 0.25) is 0 Å². The van der Waals surface area contributed by atoms with Crippen molar-refractivity contribution < 1.29 is 22.6 Å². The molecule has 0 saturated heterocycles. The predicted molar refractivity (Wildman–Crippen MR) is 131 cm³/mol. The van der Waals surface area contributed by atoms with Crippen molar-refractivity contribution in [1.29, 1.82) is 0 Å². The van der Waals surface area contributed by atoms with Gasteiger partial charge in [0, 0.05) is 6.07 Å². The first-order chi connectivity index (χ1) is 16.4. The van der Waals surface area contributed by atoms with Crippen LogP contribution >= 0.6 is 0 Å². The molecule has 0 fully saturated rings. The molecule has 176 valence electrons. The molecule has 0 atom stereocenters. The molecule has 4 rings (SSSR count). The number of nitrogens with one attached hydrogen (secondary N) is 2. The van der Waals surface area contributed by atoms with Gasteiger partial charge in [0.25, 0.3) is 10.0 Å². The molecule has 0 amide bonds. The number of rotatable bonds is 9. The van der Waals surface area contributed by atoms with E-state index in [1.165, 1.54) is 19.2 Å². The topological polar surface area (TPSA) is 112 Å². The number of benzene rings is 3. The highest BCUT2D eigenvalue weighted by Crippen LogP contribution is 2.34. The van der Waals surface area contributed by atoms with E-state index in [1.807, 2.05) is 13.0 Å². The van der Waals surface area contributed by atoms with Crippen LogP contribution in [-0.2, 0) is 10.0 Å². The third-order valence-electron chi connectivity index (χ3n) is 4.91. The maximum Gasteiger partial charge on any atom is 0.263 e. The molecule has 0 spiro atoms. The van der Waals surface area contributed by atoms with E-state index in [0.717, 1.165) is 0 Å². The number of methoxy groups -OCH3 is 2. The molecule has 0 aliphatic rings. The Morgan fingerprint density at radius 3 is 2.09 bits per heavy atom.